The van der Waals surface area contributed by atoms with Crippen LogP contribution in [0.25, 0.3) is 0 Å². The van der Waals surface area contributed by atoms with Crippen molar-refractivity contribution in [2.24, 2.45) is 0 Å². The standard InChI is InChI=1S/C14H21NO3/c1-5-12(9-17-3)15-13-7-6-11(8-10(13)2)14(16)18-4/h6-8,12,15H,5,9H2,1-4H3. The van der Waals surface area contributed by atoms with Gasteiger partial charge in [0.25, 0.3) is 0 Å². The number of aryl methyl sites for hydroxylation is 1. The fourth-order valence-electron chi connectivity index (χ4n) is 1.75. The second kappa shape index (κ2) is 7.01. The topological polar surface area (TPSA) is 47.6 Å². The SMILES string of the molecule is CCC(COC)Nc1ccc(C(=O)OC)cc1C. The highest BCUT2D eigenvalue weighted by Gasteiger charge is 2.10. The molecule has 0 bridgehead atoms. The van der Waals surface area contributed by atoms with Gasteiger partial charge in [0.1, 0.15) is 0 Å². The van der Waals surface area contributed by atoms with E-state index in [9.17, 15) is 4.79 Å². The van der Waals surface area contributed by atoms with Gasteiger partial charge >= 0.3 is 5.97 Å². The highest BCUT2D eigenvalue weighted by Crippen LogP contribution is 2.18. The summed E-state index contributed by atoms with van der Waals surface area (Å²) < 4.78 is 9.84. The lowest BCUT2D eigenvalue weighted by atomic mass is 10.1. The van der Waals surface area contributed by atoms with E-state index in [1.165, 1.54) is 7.11 Å². The third kappa shape index (κ3) is 3.74. The van der Waals surface area contributed by atoms with Gasteiger partial charge in [-0.1, -0.05) is 6.92 Å². The number of hydrogen-bond donors (Lipinski definition) is 1. The van der Waals surface area contributed by atoms with Crippen molar-refractivity contribution in [3.8, 4) is 0 Å². The molecule has 1 aromatic rings. The quantitative estimate of drug-likeness (QED) is 0.789. The Bertz CT molecular complexity index is 404. The Morgan fingerprint density at radius 3 is 2.61 bits per heavy atom. The molecule has 100 valence electrons. The Morgan fingerprint density at radius 1 is 1.39 bits per heavy atom. The van der Waals surface area contributed by atoms with Gasteiger partial charge in [-0.15, -0.1) is 0 Å². The van der Waals surface area contributed by atoms with E-state index in [0.717, 1.165) is 17.7 Å². The minimum Gasteiger partial charge on any atom is -0.465 e. The number of carbonyl (C=O) groups is 1. The first-order valence-electron chi connectivity index (χ1n) is 6.06. The molecule has 0 aromatic heterocycles. The van der Waals surface area contributed by atoms with Gasteiger partial charge in [0.05, 0.1) is 19.3 Å². The van der Waals surface area contributed by atoms with Gasteiger partial charge < -0.3 is 14.8 Å². The largest absolute Gasteiger partial charge is 0.465 e. The van der Waals surface area contributed by atoms with Gasteiger partial charge in [-0.05, 0) is 37.1 Å². The van der Waals surface area contributed by atoms with Gasteiger partial charge in [-0.25, -0.2) is 4.79 Å². The predicted octanol–water partition coefficient (Wildman–Crippen LogP) is 2.62. The number of anilines is 1. The van der Waals surface area contributed by atoms with Crippen molar-refractivity contribution >= 4 is 11.7 Å². The fraction of sp³-hybridized carbons (Fsp3) is 0.500. The Labute approximate surface area is 108 Å². The molecule has 1 rings (SSSR count). The number of ether oxygens (including phenoxy) is 2. The van der Waals surface area contributed by atoms with Crippen LogP contribution >= 0.6 is 0 Å². The molecule has 4 nitrogen and oxygen atoms in total. The molecule has 0 radical (unpaired) electrons. The number of methoxy groups -OCH3 is 2. The van der Waals surface area contributed by atoms with E-state index in [1.807, 2.05) is 19.1 Å². The zero-order chi connectivity index (χ0) is 13.5. The average molecular weight is 251 g/mol. The van der Waals surface area contributed by atoms with E-state index in [0.29, 0.717) is 12.2 Å². The van der Waals surface area contributed by atoms with Crippen LogP contribution in [0.15, 0.2) is 18.2 Å². The normalized spacial score (nSPS) is 12.0. The van der Waals surface area contributed by atoms with E-state index in [1.54, 1.807) is 13.2 Å². The summed E-state index contributed by atoms with van der Waals surface area (Å²) in [6.07, 6.45) is 0.978. The molecular formula is C14H21NO3. The number of hydrogen-bond acceptors (Lipinski definition) is 4. The number of nitrogens with one attached hydrogen (secondary N) is 1. The molecule has 0 amide bonds. The maximum atomic E-state index is 11.4. The van der Waals surface area contributed by atoms with Crippen molar-refractivity contribution in [1.82, 2.24) is 0 Å². The van der Waals surface area contributed by atoms with Gasteiger partial charge in [-0.3, -0.25) is 0 Å². The van der Waals surface area contributed by atoms with Crippen LogP contribution in [0.3, 0.4) is 0 Å². The van der Waals surface area contributed by atoms with Gasteiger partial charge in [0.15, 0.2) is 0 Å². The monoisotopic (exact) mass is 251 g/mol. The zero-order valence-corrected chi connectivity index (χ0v) is 11.4. The second-order valence-corrected chi connectivity index (χ2v) is 4.23. The van der Waals surface area contributed by atoms with Crippen molar-refractivity contribution < 1.29 is 14.3 Å². The second-order valence-electron chi connectivity index (χ2n) is 4.23. The van der Waals surface area contributed by atoms with E-state index in [2.05, 4.69) is 12.2 Å². The molecule has 0 heterocycles. The molecule has 1 unspecified atom stereocenters. The Morgan fingerprint density at radius 2 is 2.11 bits per heavy atom. The molecule has 1 atom stereocenters. The number of carbonyl (C=O) groups excluding carboxylic acids is 1. The highest BCUT2D eigenvalue weighted by atomic mass is 16.5. The smallest absolute Gasteiger partial charge is 0.337 e. The molecular weight excluding hydrogens is 230 g/mol. The van der Waals surface area contributed by atoms with Gasteiger partial charge in [0.2, 0.25) is 0 Å². The van der Waals surface area contributed by atoms with Gasteiger partial charge in [-0.2, -0.15) is 0 Å². The molecule has 18 heavy (non-hydrogen) atoms. The van der Waals surface area contributed by atoms with Crippen LogP contribution in [0, 0.1) is 6.92 Å². The summed E-state index contributed by atoms with van der Waals surface area (Å²) in [6, 6.07) is 5.77. The van der Waals surface area contributed by atoms with E-state index in [4.69, 9.17) is 9.47 Å². The lowest BCUT2D eigenvalue weighted by Gasteiger charge is -2.19. The molecule has 0 saturated heterocycles. The van der Waals surface area contributed by atoms with Crippen LogP contribution in [0.1, 0.15) is 29.3 Å². The first kappa shape index (κ1) is 14.5. The minimum absolute atomic E-state index is 0.276. The van der Waals surface area contributed by atoms with Crippen molar-refractivity contribution in [1.29, 1.82) is 0 Å². The molecule has 0 spiro atoms. The lowest BCUT2D eigenvalue weighted by Crippen LogP contribution is -2.24. The van der Waals surface area contributed by atoms with Crippen molar-refractivity contribution in [3.63, 3.8) is 0 Å². The fourth-order valence-corrected chi connectivity index (χ4v) is 1.75. The summed E-state index contributed by atoms with van der Waals surface area (Å²) in [5, 5.41) is 3.40. The molecule has 0 aliphatic carbocycles. The molecule has 0 aliphatic heterocycles. The van der Waals surface area contributed by atoms with Crippen molar-refractivity contribution in [2.45, 2.75) is 26.3 Å². The summed E-state index contributed by atoms with van der Waals surface area (Å²) in [5.74, 6) is -0.311. The molecule has 0 saturated carbocycles. The third-order valence-corrected chi connectivity index (χ3v) is 2.87. The zero-order valence-electron chi connectivity index (χ0n) is 11.4. The lowest BCUT2D eigenvalue weighted by molar-refractivity contribution is 0.0600. The van der Waals surface area contributed by atoms with Crippen LogP contribution < -0.4 is 5.32 Å². The number of esters is 1. The third-order valence-electron chi connectivity index (χ3n) is 2.87. The van der Waals surface area contributed by atoms with Gasteiger partial charge in [0, 0.05) is 18.8 Å². The molecule has 1 aromatic carbocycles. The van der Waals surface area contributed by atoms with Crippen LogP contribution in [0.2, 0.25) is 0 Å². The summed E-state index contributed by atoms with van der Waals surface area (Å²) in [4.78, 5) is 11.4. The summed E-state index contributed by atoms with van der Waals surface area (Å²) in [5.41, 5.74) is 2.61. The first-order chi connectivity index (χ1) is 8.62. The van der Waals surface area contributed by atoms with E-state index < -0.39 is 0 Å². The van der Waals surface area contributed by atoms with Crippen molar-refractivity contribution in [2.75, 3.05) is 26.1 Å². The average Bonchev–Trinajstić information content (AvgIpc) is 2.39. The summed E-state index contributed by atoms with van der Waals surface area (Å²) >= 11 is 0. The highest BCUT2D eigenvalue weighted by molar-refractivity contribution is 5.90. The van der Waals surface area contributed by atoms with Crippen LogP contribution in [-0.2, 0) is 9.47 Å². The molecule has 0 aliphatic rings. The minimum atomic E-state index is -0.311. The van der Waals surface area contributed by atoms with Crippen molar-refractivity contribution in [3.05, 3.63) is 29.3 Å². The maximum absolute atomic E-state index is 11.4. The van der Waals surface area contributed by atoms with Crippen LogP contribution in [0.5, 0.6) is 0 Å². The van der Waals surface area contributed by atoms with E-state index in [-0.39, 0.29) is 12.0 Å². The predicted molar refractivity (Wildman–Crippen MR) is 72.1 cm³/mol. The molecule has 4 heteroatoms. The summed E-state index contributed by atoms with van der Waals surface area (Å²) in [6.45, 7) is 4.73. The Kier molecular flexibility index (Phi) is 5.65. The summed E-state index contributed by atoms with van der Waals surface area (Å²) in [7, 11) is 3.08. The molecule has 1 N–H and O–H groups in total. The number of rotatable bonds is 6. The maximum Gasteiger partial charge on any atom is 0.337 e. The van der Waals surface area contributed by atoms with E-state index >= 15 is 0 Å². The Hall–Kier alpha value is -1.55. The Balaban J connectivity index is 2.82. The number of benzene rings is 1. The molecule has 0 fully saturated rings. The van der Waals surface area contributed by atoms with Crippen LogP contribution in [0.4, 0.5) is 5.69 Å². The first-order valence-corrected chi connectivity index (χ1v) is 6.06. The van der Waals surface area contributed by atoms with Crippen LogP contribution in [-0.4, -0.2) is 32.8 Å².